The molecule has 0 aliphatic heterocycles. The van der Waals surface area contributed by atoms with Crippen molar-refractivity contribution < 1.29 is 9.21 Å². The minimum Gasteiger partial charge on any atom is -0.469 e. The minimum atomic E-state index is -0.0647. The quantitative estimate of drug-likeness (QED) is 0.761. The molecule has 0 saturated heterocycles. The van der Waals surface area contributed by atoms with E-state index in [0.29, 0.717) is 10.6 Å². The first-order chi connectivity index (χ1) is 9.65. The van der Waals surface area contributed by atoms with Crippen LogP contribution >= 0.6 is 34.2 Å². The van der Waals surface area contributed by atoms with Crippen molar-refractivity contribution in [2.45, 2.75) is 25.3 Å². The molecular weight excluding hydrogens is 389 g/mol. The molecule has 1 N–H and O–H groups in total. The largest absolute Gasteiger partial charge is 0.469 e. The molecule has 20 heavy (non-hydrogen) atoms. The molecule has 3 rings (SSSR count). The van der Waals surface area contributed by atoms with Crippen LogP contribution < -0.4 is 5.32 Å². The Balaban J connectivity index is 1.81. The Morgan fingerprint density at radius 1 is 1.40 bits per heavy atom. The van der Waals surface area contributed by atoms with E-state index in [1.165, 1.54) is 0 Å². The Morgan fingerprint density at radius 3 is 3.05 bits per heavy atom. The molecule has 0 spiro atoms. The predicted octanol–water partition coefficient (Wildman–Crippen LogP) is 4.35. The molecule has 1 aromatic carbocycles. The lowest BCUT2D eigenvalue weighted by Gasteiger charge is -2.23. The lowest BCUT2D eigenvalue weighted by Crippen LogP contribution is -2.30. The zero-order chi connectivity index (χ0) is 14.1. The molecule has 1 amide bonds. The number of nitrogens with one attached hydrogen (secondary N) is 1. The third kappa shape index (κ3) is 2.72. The van der Waals surface area contributed by atoms with Crippen LogP contribution in [0.5, 0.6) is 0 Å². The zero-order valence-electron chi connectivity index (χ0n) is 10.7. The Bertz CT molecular complexity index is 653. The third-order valence-corrected chi connectivity index (χ3v) is 4.66. The second kappa shape index (κ2) is 5.77. The third-order valence-electron chi connectivity index (χ3n) is 3.53. The lowest BCUT2D eigenvalue weighted by molar-refractivity contribution is 0.0931. The zero-order valence-corrected chi connectivity index (χ0v) is 13.6. The van der Waals surface area contributed by atoms with Gasteiger partial charge in [-0.1, -0.05) is 11.6 Å². The Hall–Kier alpha value is -1.01. The summed E-state index contributed by atoms with van der Waals surface area (Å²) in [6, 6.07) is 7.28. The molecule has 1 unspecified atom stereocenters. The van der Waals surface area contributed by atoms with Gasteiger partial charge in [0.25, 0.3) is 5.91 Å². The number of hydrogen-bond donors (Lipinski definition) is 1. The molecular formula is C15H13ClINO2. The van der Waals surface area contributed by atoms with Gasteiger partial charge < -0.3 is 9.73 Å². The summed E-state index contributed by atoms with van der Waals surface area (Å²) < 4.78 is 6.30. The van der Waals surface area contributed by atoms with Crippen LogP contribution in [0.2, 0.25) is 5.02 Å². The molecule has 1 heterocycles. The molecule has 0 radical (unpaired) electrons. The molecule has 2 aromatic rings. The van der Waals surface area contributed by atoms with Crippen molar-refractivity contribution in [2.75, 3.05) is 0 Å². The smallest absolute Gasteiger partial charge is 0.252 e. The number of furan rings is 1. The van der Waals surface area contributed by atoms with Gasteiger partial charge in [-0.2, -0.15) is 0 Å². The van der Waals surface area contributed by atoms with Gasteiger partial charge in [-0.3, -0.25) is 4.79 Å². The first-order valence-corrected chi connectivity index (χ1v) is 7.93. The van der Waals surface area contributed by atoms with Crippen molar-refractivity contribution in [1.82, 2.24) is 5.32 Å². The number of hydrogen-bond acceptors (Lipinski definition) is 2. The maximum atomic E-state index is 12.4. The Kier molecular flexibility index (Phi) is 4.03. The van der Waals surface area contributed by atoms with Gasteiger partial charge >= 0.3 is 0 Å². The van der Waals surface area contributed by atoms with Crippen LogP contribution in [0.4, 0.5) is 0 Å². The number of rotatable bonds is 2. The predicted molar refractivity (Wildman–Crippen MR) is 86.0 cm³/mol. The second-order valence-corrected chi connectivity index (χ2v) is 6.44. The number of benzene rings is 1. The molecule has 0 bridgehead atoms. The Morgan fingerprint density at radius 2 is 2.25 bits per heavy atom. The van der Waals surface area contributed by atoms with E-state index in [0.717, 1.165) is 34.2 Å². The maximum Gasteiger partial charge on any atom is 0.252 e. The maximum absolute atomic E-state index is 12.4. The average Bonchev–Trinajstić information content (AvgIpc) is 2.87. The minimum absolute atomic E-state index is 0.0384. The number of carbonyl (C=O) groups is 1. The normalized spacial score (nSPS) is 17.6. The first kappa shape index (κ1) is 13.9. The van der Waals surface area contributed by atoms with E-state index in [1.807, 2.05) is 6.07 Å². The average molecular weight is 402 g/mol. The van der Waals surface area contributed by atoms with Crippen molar-refractivity contribution in [3.63, 3.8) is 0 Å². The summed E-state index contributed by atoms with van der Waals surface area (Å²) in [5.74, 6) is 0.928. The van der Waals surface area contributed by atoms with Gasteiger partial charge in [0.15, 0.2) is 0 Å². The van der Waals surface area contributed by atoms with E-state index in [9.17, 15) is 4.79 Å². The van der Waals surface area contributed by atoms with Gasteiger partial charge in [-0.05, 0) is 59.7 Å². The number of carbonyl (C=O) groups excluding carboxylic acids is 1. The van der Waals surface area contributed by atoms with Crippen LogP contribution in [0.15, 0.2) is 34.9 Å². The first-order valence-electron chi connectivity index (χ1n) is 6.47. The summed E-state index contributed by atoms with van der Waals surface area (Å²) in [6.07, 6.45) is 4.62. The topological polar surface area (TPSA) is 42.2 Å². The van der Waals surface area contributed by atoms with E-state index in [4.69, 9.17) is 16.0 Å². The summed E-state index contributed by atoms with van der Waals surface area (Å²) in [5, 5.41) is 3.73. The number of amides is 1. The molecule has 1 atom stereocenters. The number of halogens is 2. The van der Waals surface area contributed by atoms with Crippen LogP contribution in [0.25, 0.3) is 0 Å². The second-order valence-electron chi connectivity index (χ2n) is 4.84. The van der Waals surface area contributed by atoms with Crippen molar-refractivity contribution in [1.29, 1.82) is 0 Å². The molecule has 1 aromatic heterocycles. The molecule has 3 nitrogen and oxygen atoms in total. The van der Waals surface area contributed by atoms with E-state index in [2.05, 4.69) is 27.9 Å². The summed E-state index contributed by atoms with van der Waals surface area (Å²) in [6.45, 7) is 0. The van der Waals surface area contributed by atoms with E-state index in [-0.39, 0.29) is 11.9 Å². The molecule has 5 heteroatoms. The summed E-state index contributed by atoms with van der Waals surface area (Å²) in [7, 11) is 0. The Labute approximate surface area is 135 Å². The van der Waals surface area contributed by atoms with E-state index in [1.54, 1.807) is 24.5 Å². The van der Waals surface area contributed by atoms with Gasteiger partial charge in [-0.25, -0.2) is 0 Å². The summed E-state index contributed by atoms with van der Waals surface area (Å²) >= 11 is 8.05. The summed E-state index contributed by atoms with van der Waals surface area (Å²) in [4.78, 5) is 12.4. The highest BCUT2D eigenvalue weighted by molar-refractivity contribution is 14.1. The van der Waals surface area contributed by atoms with Crippen LogP contribution in [0.3, 0.4) is 0 Å². The van der Waals surface area contributed by atoms with Crippen molar-refractivity contribution in [2.24, 2.45) is 0 Å². The SMILES string of the molecule is O=C(NC1CCCc2occc21)c1ccc(Cl)cc1I. The van der Waals surface area contributed by atoms with Crippen LogP contribution in [-0.2, 0) is 6.42 Å². The monoisotopic (exact) mass is 401 g/mol. The van der Waals surface area contributed by atoms with Crippen LogP contribution in [-0.4, -0.2) is 5.91 Å². The van der Waals surface area contributed by atoms with Gasteiger partial charge in [0.05, 0.1) is 17.9 Å². The van der Waals surface area contributed by atoms with E-state index >= 15 is 0 Å². The highest BCUT2D eigenvalue weighted by atomic mass is 127. The van der Waals surface area contributed by atoms with Gasteiger partial charge in [-0.15, -0.1) is 0 Å². The van der Waals surface area contributed by atoms with Gasteiger partial charge in [0.1, 0.15) is 5.76 Å². The van der Waals surface area contributed by atoms with Crippen LogP contribution in [0, 0.1) is 3.57 Å². The highest BCUT2D eigenvalue weighted by Crippen LogP contribution is 2.31. The van der Waals surface area contributed by atoms with Gasteiger partial charge in [0.2, 0.25) is 0 Å². The van der Waals surface area contributed by atoms with E-state index < -0.39 is 0 Å². The standard InChI is InChI=1S/C15H13ClINO2/c16-9-4-5-10(12(17)8-9)15(19)18-13-2-1-3-14-11(13)6-7-20-14/h4-8,13H,1-3H2,(H,18,19). The molecule has 0 saturated carbocycles. The fourth-order valence-corrected chi connectivity index (χ4v) is 3.66. The molecule has 104 valence electrons. The fraction of sp³-hybridized carbons (Fsp3) is 0.267. The number of aryl methyl sites for hydroxylation is 1. The lowest BCUT2D eigenvalue weighted by atomic mass is 9.93. The highest BCUT2D eigenvalue weighted by Gasteiger charge is 2.24. The molecule has 1 aliphatic rings. The number of fused-ring (bicyclic) bond motifs is 1. The van der Waals surface area contributed by atoms with Crippen LogP contribution in [0.1, 0.15) is 40.6 Å². The molecule has 1 aliphatic carbocycles. The van der Waals surface area contributed by atoms with Crippen molar-refractivity contribution >= 4 is 40.1 Å². The van der Waals surface area contributed by atoms with Gasteiger partial charge in [0, 0.05) is 20.6 Å². The summed E-state index contributed by atoms with van der Waals surface area (Å²) in [5.41, 5.74) is 1.76. The van der Waals surface area contributed by atoms with Crippen molar-refractivity contribution in [3.05, 3.63) is 56.0 Å². The fourth-order valence-electron chi connectivity index (χ4n) is 2.55. The molecule has 0 fully saturated rings. The van der Waals surface area contributed by atoms with Crippen molar-refractivity contribution in [3.8, 4) is 0 Å².